The molecular weight excluding hydrogens is 448 g/mol. The van der Waals surface area contributed by atoms with Crippen LogP contribution in [0, 0.1) is 11.6 Å². The van der Waals surface area contributed by atoms with Crippen LogP contribution in [0.2, 0.25) is 5.02 Å². The van der Waals surface area contributed by atoms with E-state index in [4.69, 9.17) is 20.9 Å². The topological polar surface area (TPSA) is 65.0 Å². The van der Waals surface area contributed by atoms with E-state index >= 15 is 0 Å². The third-order valence-electron chi connectivity index (χ3n) is 4.24. The van der Waals surface area contributed by atoms with Gasteiger partial charge in [0, 0.05) is 45.3 Å². The number of benzene rings is 2. The summed E-state index contributed by atoms with van der Waals surface area (Å²) in [7, 11) is 3.37. The van der Waals surface area contributed by atoms with Gasteiger partial charge in [-0.3, -0.25) is 0 Å². The van der Waals surface area contributed by atoms with Crippen LogP contribution < -0.4 is 10.2 Å². The molecule has 2 rings (SSSR count). The Bertz CT molecular complexity index is 941. The molecule has 0 heterocycles. The van der Waals surface area contributed by atoms with Gasteiger partial charge in [0.25, 0.3) is 0 Å². The number of halogens is 3. The molecule has 0 spiro atoms. The van der Waals surface area contributed by atoms with Crippen molar-refractivity contribution >= 4 is 46.8 Å². The van der Waals surface area contributed by atoms with E-state index < -0.39 is 23.3 Å². The molecule has 0 aliphatic rings. The van der Waals surface area contributed by atoms with Gasteiger partial charge in [-0.05, 0) is 45.0 Å². The zero-order chi connectivity index (χ0) is 23.3. The number of carbonyl (C=O) groups is 1. The SMILES string of the molecule is CN(CCN(C)c1cc(F)ccc1Nc1cc(F)c(SO)cc1Cl)C(=O)OC(C)(C)C. The molecule has 0 saturated heterocycles. The molecule has 31 heavy (non-hydrogen) atoms. The molecule has 0 aromatic heterocycles. The van der Waals surface area contributed by atoms with E-state index in [1.807, 2.05) is 0 Å². The van der Waals surface area contributed by atoms with E-state index in [9.17, 15) is 13.6 Å². The minimum atomic E-state index is -0.643. The van der Waals surface area contributed by atoms with Gasteiger partial charge >= 0.3 is 6.09 Å². The third kappa shape index (κ3) is 7.15. The molecule has 0 unspecified atom stereocenters. The summed E-state index contributed by atoms with van der Waals surface area (Å²) in [6, 6.07) is 6.57. The normalized spacial score (nSPS) is 11.3. The lowest BCUT2D eigenvalue weighted by Gasteiger charge is -2.28. The van der Waals surface area contributed by atoms with Gasteiger partial charge in [-0.1, -0.05) is 11.6 Å². The van der Waals surface area contributed by atoms with Gasteiger partial charge in [0.1, 0.15) is 17.2 Å². The maximum atomic E-state index is 14.1. The fraction of sp³-hybridized carbons (Fsp3) is 0.381. The molecule has 0 atom stereocenters. The molecule has 0 aliphatic carbocycles. The van der Waals surface area contributed by atoms with Gasteiger partial charge < -0.3 is 24.4 Å². The molecule has 170 valence electrons. The number of anilines is 3. The molecule has 0 fully saturated rings. The number of rotatable bonds is 7. The van der Waals surface area contributed by atoms with Crippen LogP contribution in [0.25, 0.3) is 0 Å². The number of hydrogen-bond donors (Lipinski definition) is 2. The summed E-state index contributed by atoms with van der Waals surface area (Å²) in [5, 5.41) is 3.20. The molecule has 0 radical (unpaired) electrons. The Balaban J connectivity index is 2.18. The average molecular weight is 474 g/mol. The number of hydrogen-bond acceptors (Lipinski definition) is 6. The van der Waals surface area contributed by atoms with Gasteiger partial charge in [-0.15, -0.1) is 0 Å². The first kappa shape index (κ1) is 25.0. The second kappa shape index (κ2) is 10.4. The number of nitrogens with zero attached hydrogens (tertiary/aromatic N) is 2. The quantitative estimate of drug-likeness (QED) is 0.465. The van der Waals surface area contributed by atoms with Crippen molar-refractivity contribution in [3.63, 3.8) is 0 Å². The van der Waals surface area contributed by atoms with Crippen LogP contribution in [0.15, 0.2) is 35.2 Å². The van der Waals surface area contributed by atoms with Crippen LogP contribution >= 0.6 is 23.6 Å². The largest absolute Gasteiger partial charge is 0.444 e. The molecule has 6 nitrogen and oxygen atoms in total. The molecular formula is C21H26ClF2N3O3S. The van der Waals surface area contributed by atoms with Gasteiger partial charge in [-0.2, -0.15) is 0 Å². The Morgan fingerprint density at radius 1 is 1.16 bits per heavy atom. The summed E-state index contributed by atoms with van der Waals surface area (Å²) in [4.78, 5) is 15.3. The Hall–Kier alpha value is -2.23. The van der Waals surface area contributed by atoms with Crippen molar-refractivity contribution in [2.24, 2.45) is 0 Å². The fourth-order valence-corrected chi connectivity index (χ4v) is 3.21. The lowest BCUT2D eigenvalue weighted by Crippen LogP contribution is -2.38. The first-order valence-electron chi connectivity index (χ1n) is 9.43. The molecule has 0 saturated carbocycles. The smallest absolute Gasteiger partial charge is 0.410 e. The summed E-state index contributed by atoms with van der Waals surface area (Å²) in [5.41, 5.74) is 0.656. The minimum Gasteiger partial charge on any atom is -0.444 e. The number of amides is 1. The predicted molar refractivity (Wildman–Crippen MR) is 122 cm³/mol. The highest BCUT2D eigenvalue weighted by molar-refractivity contribution is 7.93. The van der Waals surface area contributed by atoms with E-state index in [-0.39, 0.29) is 27.6 Å². The van der Waals surface area contributed by atoms with Gasteiger partial charge in [0.2, 0.25) is 0 Å². The predicted octanol–water partition coefficient (Wildman–Crippen LogP) is 6.23. The van der Waals surface area contributed by atoms with Crippen LogP contribution in [0.5, 0.6) is 0 Å². The Morgan fingerprint density at radius 2 is 1.84 bits per heavy atom. The summed E-state index contributed by atoms with van der Waals surface area (Å²) < 4.78 is 42.4. The molecule has 0 aliphatic heterocycles. The Kier molecular flexibility index (Phi) is 8.39. The molecule has 2 N–H and O–H groups in total. The Morgan fingerprint density at radius 3 is 2.45 bits per heavy atom. The van der Waals surface area contributed by atoms with Gasteiger partial charge in [-0.25, -0.2) is 13.6 Å². The van der Waals surface area contributed by atoms with Crippen molar-refractivity contribution in [2.45, 2.75) is 31.3 Å². The van der Waals surface area contributed by atoms with Crippen molar-refractivity contribution in [1.29, 1.82) is 0 Å². The summed E-state index contributed by atoms with van der Waals surface area (Å²) in [6.45, 7) is 6.08. The van der Waals surface area contributed by atoms with Crippen molar-refractivity contribution in [3.8, 4) is 0 Å². The summed E-state index contributed by atoms with van der Waals surface area (Å²) in [6.07, 6.45) is -0.456. The van der Waals surface area contributed by atoms with Crippen molar-refractivity contribution in [1.82, 2.24) is 4.90 Å². The molecule has 0 bridgehead atoms. The highest BCUT2D eigenvalue weighted by atomic mass is 35.5. The van der Waals surface area contributed by atoms with Crippen LogP contribution in [-0.2, 0) is 4.74 Å². The van der Waals surface area contributed by atoms with Crippen molar-refractivity contribution in [3.05, 3.63) is 47.0 Å². The van der Waals surface area contributed by atoms with Crippen LogP contribution in [0.3, 0.4) is 0 Å². The first-order valence-corrected chi connectivity index (χ1v) is 10.6. The standard InChI is InChI=1S/C21H26ClF2N3O3S/c1-21(2,3)30-20(28)27(5)9-8-26(4)18-10-13(23)6-7-16(18)25-17-12-15(24)19(31-29)11-14(17)22/h6-7,10-12,25,29H,8-9H2,1-5H3. The number of nitrogens with one attached hydrogen (secondary N) is 1. The lowest BCUT2D eigenvalue weighted by atomic mass is 10.2. The van der Waals surface area contributed by atoms with Crippen LogP contribution in [0.1, 0.15) is 20.8 Å². The fourth-order valence-electron chi connectivity index (χ4n) is 2.62. The van der Waals surface area contributed by atoms with E-state index in [1.54, 1.807) is 39.8 Å². The zero-order valence-corrected chi connectivity index (χ0v) is 19.6. The van der Waals surface area contributed by atoms with E-state index in [0.717, 1.165) is 6.07 Å². The second-order valence-corrected chi connectivity index (χ2v) is 8.99. The Labute approximate surface area is 190 Å². The number of likely N-dealkylation sites (N-methyl/N-ethyl adjacent to an activating group) is 2. The second-order valence-electron chi connectivity index (χ2n) is 7.96. The molecule has 1 amide bonds. The first-order chi connectivity index (χ1) is 14.4. The highest BCUT2D eigenvalue weighted by Gasteiger charge is 2.20. The van der Waals surface area contributed by atoms with Crippen molar-refractivity contribution in [2.75, 3.05) is 37.4 Å². The third-order valence-corrected chi connectivity index (χ3v) is 5.06. The molecule has 2 aromatic rings. The minimum absolute atomic E-state index is 0.00261. The van der Waals surface area contributed by atoms with E-state index in [1.165, 1.54) is 29.2 Å². The van der Waals surface area contributed by atoms with Gasteiger partial charge in [0.05, 0.1) is 27.0 Å². The maximum Gasteiger partial charge on any atom is 0.410 e. The van der Waals surface area contributed by atoms with E-state index in [0.29, 0.717) is 24.5 Å². The van der Waals surface area contributed by atoms with Crippen LogP contribution in [-0.4, -0.2) is 48.3 Å². The molecule has 10 heteroatoms. The average Bonchev–Trinajstić information content (AvgIpc) is 2.68. The summed E-state index contributed by atoms with van der Waals surface area (Å²) in [5.74, 6) is -1.09. The van der Waals surface area contributed by atoms with Gasteiger partial charge in [0.15, 0.2) is 0 Å². The van der Waals surface area contributed by atoms with E-state index in [2.05, 4.69) is 5.32 Å². The highest BCUT2D eigenvalue weighted by Crippen LogP contribution is 2.35. The summed E-state index contributed by atoms with van der Waals surface area (Å²) >= 11 is 6.45. The lowest BCUT2D eigenvalue weighted by molar-refractivity contribution is 0.0303. The monoisotopic (exact) mass is 473 g/mol. The maximum absolute atomic E-state index is 14.1. The molecule has 2 aromatic carbocycles. The number of carbonyl (C=O) groups excluding carboxylic acids is 1. The van der Waals surface area contributed by atoms with Crippen molar-refractivity contribution < 1.29 is 22.9 Å². The zero-order valence-electron chi connectivity index (χ0n) is 18.0. The number of ether oxygens (including phenoxy) is 1. The van der Waals surface area contributed by atoms with Crippen LogP contribution in [0.4, 0.5) is 30.6 Å².